The Morgan fingerprint density at radius 3 is 2.28 bits per heavy atom. The smallest absolute Gasteiger partial charge is 0.493 e. The number of aliphatic hydroxyl groups is 1. The molecule has 0 unspecified atom stereocenters. The van der Waals surface area contributed by atoms with Gasteiger partial charge in [-0.1, -0.05) is 30.3 Å². The molecule has 5 rings (SSSR count). The Labute approximate surface area is 248 Å². The van der Waals surface area contributed by atoms with Gasteiger partial charge in [-0.2, -0.15) is 0 Å². The maximum atomic E-state index is 11.6. The molecule has 1 N–H and O–H groups in total. The van der Waals surface area contributed by atoms with Crippen LogP contribution in [-0.2, 0) is 13.2 Å². The Kier molecular flexibility index (Phi) is 8.91. The summed E-state index contributed by atoms with van der Waals surface area (Å²) in [7, 11) is 0. The molecule has 0 atom stereocenters. The predicted molar refractivity (Wildman–Crippen MR) is 143 cm³/mol. The Balaban J connectivity index is 0.00000353. The van der Waals surface area contributed by atoms with Gasteiger partial charge >= 0.3 is 35.3 Å². The van der Waals surface area contributed by atoms with E-state index in [0.717, 1.165) is 56.7 Å². The average molecular weight is 539 g/mol. The third kappa shape index (κ3) is 6.94. The average Bonchev–Trinajstić information content (AvgIpc) is 3.52. The van der Waals surface area contributed by atoms with Gasteiger partial charge in [0, 0.05) is 13.0 Å². The zero-order chi connectivity index (χ0) is 26.9. The minimum atomic E-state index is -0.897. The predicted octanol–water partition coefficient (Wildman–Crippen LogP) is 1.28. The first-order valence-electron chi connectivity index (χ1n) is 12.7. The molecule has 1 saturated carbocycles. The molecule has 0 bridgehead atoms. The number of ether oxygens (including phenoxy) is 2. The van der Waals surface area contributed by atoms with Crippen molar-refractivity contribution in [3.05, 3.63) is 103 Å². The molecule has 0 amide bonds. The number of hydrogen-bond acceptors (Lipinski definition) is 6. The van der Waals surface area contributed by atoms with Crippen LogP contribution in [0, 0.1) is 20.8 Å². The maximum Gasteiger partial charge on any atom is 1.00 e. The minimum Gasteiger partial charge on any atom is -0.493 e. The molecule has 0 aliphatic heterocycles. The summed E-state index contributed by atoms with van der Waals surface area (Å²) in [6, 6.07) is 17.6. The van der Waals surface area contributed by atoms with Crippen LogP contribution < -0.4 is 55.5 Å². The Morgan fingerprint density at radius 2 is 1.67 bits per heavy atom. The standard InChI is InChI=1S/C30H32N2O6.Na/c1-19-15-25(36-14-13-30(35)11-12-30)16-20(2)27(19)26-6-4-5-23(21(26)3)18-37-24-9-7-22(8-10-24)17-32-28(33)31-29(34)38-32;/h4-10,15-16,35H,11-14,17-18H2,1-3H3,(H,31,33,34);/q;+1/p-1. The molecule has 0 saturated heterocycles. The van der Waals surface area contributed by atoms with Crippen LogP contribution >= 0.6 is 0 Å². The number of aryl methyl sites for hydroxylation is 2. The fourth-order valence-corrected chi connectivity index (χ4v) is 4.70. The molecule has 9 heteroatoms. The van der Waals surface area contributed by atoms with Crippen molar-refractivity contribution in [1.29, 1.82) is 0 Å². The van der Waals surface area contributed by atoms with Gasteiger partial charge < -0.3 is 24.1 Å². The van der Waals surface area contributed by atoms with Crippen molar-refractivity contribution < 1.29 is 48.7 Å². The van der Waals surface area contributed by atoms with Crippen LogP contribution in [0.1, 0.15) is 47.1 Å². The van der Waals surface area contributed by atoms with E-state index < -0.39 is 17.0 Å². The van der Waals surface area contributed by atoms with Gasteiger partial charge in [0.25, 0.3) is 0 Å². The summed E-state index contributed by atoms with van der Waals surface area (Å²) < 4.78 is 17.7. The van der Waals surface area contributed by atoms with Crippen LogP contribution in [-0.4, -0.2) is 22.1 Å². The van der Waals surface area contributed by atoms with Gasteiger partial charge in [-0.3, -0.25) is 9.53 Å². The fourth-order valence-electron chi connectivity index (χ4n) is 4.70. The van der Waals surface area contributed by atoms with Crippen LogP contribution in [0.2, 0.25) is 0 Å². The largest absolute Gasteiger partial charge is 1.00 e. The Hall–Kier alpha value is -3.04. The number of nitrogens with zero attached hydrogens (tertiary/aromatic N) is 2. The van der Waals surface area contributed by atoms with Crippen molar-refractivity contribution in [2.75, 3.05) is 6.61 Å². The van der Waals surface area contributed by atoms with E-state index in [1.165, 1.54) is 5.56 Å². The molecule has 8 nitrogen and oxygen atoms in total. The zero-order valence-corrected chi connectivity index (χ0v) is 24.8. The molecular weight excluding hydrogens is 507 g/mol. The van der Waals surface area contributed by atoms with E-state index in [2.05, 4.69) is 50.0 Å². The summed E-state index contributed by atoms with van der Waals surface area (Å²) in [5, 5.41) is 10.0. The quantitative estimate of drug-likeness (QED) is 0.303. The second-order valence-corrected chi connectivity index (χ2v) is 10.1. The molecule has 3 aromatic carbocycles. The second kappa shape index (κ2) is 12.0. The first-order valence-corrected chi connectivity index (χ1v) is 12.7. The second-order valence-electron chi connectivity index (χ2n) is 10.1. The number of benzene rings is 3. The molecule has 39 heavy (non-hydrogen) atoms. The van der Waals surface area contributed by atoms with Crippen molar-refractivity contribution in [1.82, 2.24) is 9.72 Å². The van der Waals surface area contributed by atoms with Crippen molar-refractivity contribution >= 4 is 0 Å². The molecule has 4 aromatic rings. The molecule has 1 aliphatic carbocycles. The molecule has 1 aromatic heterocycles. The van der Waals surface area contributed by atoms with Gasteiger partial charge in [0.05, 0.1) is 12.2 Å². The van der Waals surface area contributed by atoms with E-state index in [1.807, 2.05) is 30.3 Å². The molecule has 198 valence electrons. The van der Waals surface area contributed by atoms with E-state index in [1.54, 1.807) is 0 Å². The molecular formula is C30H31N2NaO6. The zero-order valence-electron chi connectivity index (χ0n) is 22.8. The van der Waals surface area contributed by atoms with Crippen LogP contribution in [0.15, 0.2) is 68.7 Å². The maximum absolute atomic E-state index is 11.6. The van der Waals surface area contributed by atoms with Gasteiger partial charge in [-0.15, -0.1) is 0 Å². The van der Waals surface area contributed by atoms with Crippen LogP contribution in [0.25, 0.3) is 11.1 Å². The van der Waals surface area contributed by atoms with E-state index in [9.17, 15) is 14.7 Å². The first-order chi connectivity index (χ1) is 18.2. The van der Waals surface area contributed by atoms with Gasteiger partial charge in [0.2, 0.25) is 0 Å². The summed E-state index contributed by atoms with van der Waals surface area (Å²) in [6.07, 6.45) is 2.41. The summed E-state index contributed by atoms with van der Waals surface area (Å²) >= 11 is 0. The molecule has 1 fully saturated rings. The van der Waals surface area contributed by atoms with Crippen LogP contribution in [0.3, 0.4) is 0 Å². The van der Waals surface area contributed by atoms with Gasteiger partial charge in [-0.25, -0.2) is 4.79 Å². The third-order valence-corrected chi connectivity index (χ3v) is 7.12. The van der Waals surface area contributed by atoms with Gasteiger partial charge in [0.1, 0.15) is 18.1 Å². The first kappa shape index (κ1) is 29.0. The summed E-state index contributed by atoms with van der Waals surface area (Å²) in [6.45, 7) is 7.34. The number of rotatable bonds is 10. The minimum absolute atomic E-state index is 0. The van der Waals surface area contributed by atoms with Gasteiger partial charge in [-0.05, 0) is 96.8 Å². The van der Waals surface area contributed by atoms with E-state index in [0.29, 0.717) is 25.4 Å². The SMILES string of the molecule is Cc1cc(OCCC2(O)CC2)cc(C)c1-c1cccc(COc2ccc(Cn3oc(=O)[n-]c3=O)cc2)c1C.[Na+]. The molecule has 1 heterocycles. The summed E-state index contributed by atoms with van der Waals surface area (Å²) in [5.41, 5.74) is 6.43. The topological polar surface area (TPSA) is 105 Å². The normalized spacial score (nSPS) is 13.5. The van der Waals surface area contributed by atoms with E-state index in [4.69, 9.17) is 14.0 Å². The Bertz CT molecular complexity index is 1540. The third-order valence-electron chi connectivity index (χ3n) is 7.12. The van der Waals surface area contributed by atoms with Crippen LogP contribution in [0.4, 0.5) is 0 Å². The van der Waals surface area contributed by atoms with Crippen molar-refractivity contribution in [3.8, 4) is 22.6 Å². The van der Waals surface area contributed by atoms with Crippen LogP contribution in [0.5, 0.6) is 11.5 Å². The van der Waals surface area contributed by atoms with Crippen molar-refractivity contribution in [2.45, 2.75) is 58.8 Å². The number of aromatic nitrogens is 2. The summed E-state index contributed by atoms with van der Waals surface area (Å²) in [5.74, 6) is 0.625. The molecule has 0 spiro atoms. The van der Waals surface area contributed by atoms with E-state index in [-0.39, 0.29) is 36.1 Å². The summed E-state index contributed by atoms with van der Waals surface area (Å²) in [4.78, 5) is 25.9. The van der Waals surface area contributed by atoms with Crippen molar-refractivity contribution in [2.24, 2.45) is 0 Å². The Morgan fingerprint density at radius 1 is 0.974 bits per heavy atom. The van der Waals surface area contributed by atoms with Gasteiger partial charge in [0.15, 0.2) is 5.69 Å². The monoisotopic (exact) mass is 538 g/mol. The fraction of sp³-hybridized carbons (Fsp3) is 0.333. The molecule has 1 aliphatic rings. The van der Waals surface area contributed by atoms with Crippen molar-refractivity contribution in [3.63, 3.8) is 0 Å². The van der Waals surface area contributed by atoms with E-state index >= 15 is 0 Å². The molecule has 0 radical (unpaired) electrons. The number of hydrogen-bond donors (Lipinski definition) is 1.